The molecule has 3 heterocycles. The summed E-state index contributed by atoms with van der Waals surface area (Å²) in [4.78, 5) is 20.2. The van der Waals surface area contributed by atoms with Gasteiger partial charge in [-0.25, -0.2) is 9.67 Å². The van der Waals surface area contributed by atoms with Gasteiger partial charge in [0, 0.05) is 31.8 Å². The number of benzene rings is 1. The van der Waals surface area contributed by atoms with Gasteiger partial charge >= 0.3 is 0 Å². The number of nitrogens with zero attached hydrogens (tertiary/aromatic N) is 4. The Morgan fingerprint density at radius 1 is 1.18 bits per heavy atom. The molecule has 0 saturated carbocycles. The fourth-order valence-electron chi connectivity index (χ4n) is 3.79. The lowest BCUT2D eigenvalue weighted by Gasteiger charge is -2.31. The van der Waals surface area contributed by atoms with Gasteiger partial charge in [0.15, 0.2) is 5.65 Å². The van der Waals surface area contributed by atoms with Gasteiger partial charge in [-0.3, -0.25) is 4.79 Å². The lowest BCUT2D eigenvalue weighted by atomic mass is 10.0. The lowest BCUT2D eigenvalue weighted by molar-refractivity contribution is 0.0352. The summed E-state index contributed by atoms with van der Waals surface area (Å²) in [6.45, 7) is 5.56. The summed E-state index contributed by atoms with van der Waals surface area (Å²) in [5.74, 6) is 0.0439. The molecule has 0 unspecified atom stereocenters. The molecule has 6 heteroatoms. The third-order valence-electron chi connectivity index (χ3n) is 5.42. The zero-order valence-electron chi connectivity index (χ0n) is 16.6. The topological polar surface area (TPSA) is 60.2 Å². The number of aromatic nitrogens is 3. The predicted octanol–water partition coefficient (Wildman–Crippen LogP) is 3.93. The quantitative estimate of drug-likeness (QED) is 0.690. The highest BCUT2D eigenvalue weighted by Crippen LogP contribution is 2.28. The Morgan fingerprint density at radius 3 is 2.54 bits per heavy atom. The van der Waals surface area contributed by atoms with E-state index in [1.807, 2.05) is 46.0 Å². The molecule has 0 aliphatic carbocycles. The molecule has 1 saturated heterocycles. The Kier molecular flexibility index (Phi) is 5.13. The molecule has 28 heavy (non-hydrogen) atoms. The van der Waals surface area contributed by atoms with E-state index in [1.54, 1.807) is 13.3 Å². The van der Waals surface area contributed by atoms with Crippen LogP contribution in [0.25, 0.3) is 22.3 Å². The van der Waals surface area contributed by atoms with Gasteiger partial charge in [0.25, 0.3) is 5.91 Å². The summed E-state index contributed by atoms with van der Waals surface area (Å²) in [5, 5.41) is 5.32. The normalized spacial score (nSPS) is 15.5. The van der Waals surface area contributed by atoms with Crippen LogP contribution in [0.15, 0.2) is 42.6 Å². The highest BCUT2D eigenvalue weighted by molar-refractivity contribution is 6.06. The Labute approximate surface area is 165 Å². The maximum Gasteiger partial charge on any atom is 0.254 e. The van der Waals surface area contributed by atoms with Crippen molar-refractivity contribution in [3.05, 3.63) is 48.2 Å². The first kappa shape index (κ1) is 18.6. The number of amides is 1. The van der Waals surface area contributed by atoms with Crippen molar-refractivity contribution in [2.24, 2.45) is 0 Å². The van der Waals surface area contributed by atoms with Gasteiger partial charge in [-0.1, -0.05) is 30.3 Å². The molecule has 4 rings (SSSR count). The van der Waals surface area contributed by atoms with E-state index < -0.39 is 0 Å². The number of likely N-dealkylation sites (tertiary alicyclic amines) is 1. The van der Waals surface area contributed by atoms with Gasteiger partial charge in [-0.15, -0.1) is 0 Å². The zero-order chi connectivity index (χ0) is 19.7. The third kappa shape index (κ3) is 3.40. The lowest BCUT2D eigenvalue weighted by Crippen LogP contribution is -2.40. The van der Waals surface area contributed by atoms with Crippen molar-refractivity contribution >= 4 is 16.9 Å². The van der Waals surface area contributed by atoms with Crippen LogP contribution in [0, 0.1) is 0 Å². The van der Waals surface area contributed by atoms with Crippen LogP contribution in [-0.2, 0) is 4.74 Å². The van der Waals surface area contributed by atoms with E-state index in [2.05, 4.69) is 18.9 Å². The average Bonchev–Trinajstić information content (AvgIpc) is 3.17. The van der Waals surface area contributed by atoms with Crippen LogP contribution < -0.4 is 0 Å². The van der Waals surface area contributed by atoms with Gasteiger partial charge in [0.2, 0.25) is 0 Å². The monoisotopic (exact) mass is 378 g/mol. The van der Waals surface area contributed by atoms with Crippen LogP contribution >= 0.6 is 0 Å². The standard InChI is InChI=1S/C22H26N4O2/c1-15(2)26-21-19(14-23-26)18(13-20(24-21)16-7-5-4-6-8-16)22(27)25-11-9-17(28-3)10-12-25/h4-8,13-15,17H,9-12H2,1-3H3. The summed E-state index contributed by atoms with van der Waals surface area (Å²) < 4.78 is 7.33. The number of carbonyl (C=O) groups excluding carboxylic acids is 1. The first-order valence-corrected chi connectivity index (χ1v) is 9.84. The summed E-state index contributed by atoms with van der Waals surface area (Å²) in [7, 11) is 1.74. The molecule has 1 aliphatic heterocycles. The van der Waals surface area contributed by atoms with Crippen LogP contribution in [0.5, 0.6) is 0 Å². The molecule has 0 N–H and O–H groups in total. The number of hydrogen-bond donors (Lipinski definition) is 0. The number of piperidine rings is 1. The molecular formula is C22H26N4O2. The minimum atomic E-state index is 0.0439. The maximum absolute atomic E-state index is 13.4. The largest absolute Gasteiger partial charge is 0.381 e. The number of ether oxygens (including phenoxy) is 1. The average molecular weight is 378 g/mol. The highest BCUT2D eigenvalue weighted by Gasteiger charge is 2.26. The molecule has 0 bridgehead atoms. The fourth-order valence-corrected chi connectivity index (χ4v) is 3.79. The minimum absolute atomic E-state index is 0.0439. The van der Waals surface area contributed by atoms with Crippen molar-refractivity contribution in [1.29, 1.82) is 0 Å². The molecule has 1 fully saturated rings. The second-order valence-corrected chi connectivity index (χ2v) is 7.57. The van der Waals surface area contributed by atoms with Gasteiger partial charge in [0.05, 0.1) is 28.9 Å². The smallest absolute Gasteiger partial charge is 0.254 e. The van der Waals surface area contributed by atoms with Crippen LogP contribution in [0.2, 0.25) is 0 Å². The molecule has 1 aliphatic rings. The van der Waals surface area contributed by atoms with E-state index in [1.165, 1.54) is 0 Å². The van der Waals surface area contributed by atoms with Gasteiger partial charge in [-0.05, 0) is 32.8 Å². The van der Waals surface area contributed by atoms with E-state index in [9.17, 15) is 4.79 Å². The van der Waals surface area contributed by atoms with Gasteiger partial charge in [0.1, 0.15) is 0 Å². The first-order chi connectivity index (χ1) is 13.6. The van der Waals surface area contributed by atoms with Crippen molar-refractivity contribution in [3.8, 4) is 11.3 Å². The molecule has 0 atom stereocenters. The second kappa shape index (κ2) is 7.72. The molecule has 6 nitrogen and oxygen atoms in total. The van der Waals surface area contributed by atoms with Crippen LogP contribution in [0.3, 0.4) is 0 Å². The number of carbonyl (C=O) groups is 1. The number of methoxy groups -OCH3 is 1. The summed E-state index contributed by atoms with van der Waals surface area (Å²) in [6.07, 6.45) is 3.75. The van der Waals surface area contributed by atoms with E-state index in [-0.39, 0.29) is 18.1 Å². The summed E-state index contributed by atoms with van der Waals surface area (Å²) >= 11 is 0. The Hall–Kier alpha value is -2.73. The second-order valence-electron chi connectivity index (χ2n) is 7.57. The number of rotatable bonds is 4. The Balaban J connectivity index is 1.79. The van der Waals surface area contributed by atoms with Gasteiger partial charge < -0.3 is 9.64 Å². The number of fused-ring (bicyclic) bond motifs is 1. The van der Waals surface area contributed by atoms with Crippen molar-refractivity contribution in [2.75, 3.05) is 20.2 Å². The molecule has 1 amide bonds. The summed E-state index contributed by atoms with van der Waals surface area (Å²) in [5.41, 5.74) is 3.22. The molecule has 146 valence electrons. The summed E-state index contributed by atoms with van der Waals surface area (Å²) in [6, 6.07) is 12.1. The predicted molar refractivity (Wildman–Crippen MR) is 109 cm³/mol. The highest BCUT2D eigenvalue weighted by atomic mass is 16.5. The third-order valence-corrected chi connectivity index (χ3v) is 5.42. The SMILES string of the molecule is COC1CCN(C(=O)c2cc(-c3ccccc3)nc3c2cnn3C(C)C)CC1. The van der Waals surface area contributed by atoms with E-state index in [0.717, 1.165) is 35.1 Å². The van der Waals surface area contributed by atoms with Crippen molar-refractivity contribution in [1.82, 2.24) is 19.7 Å². The number of hydrogen-bond acceptors (Lipinski definition) is 4. The fraction of sp³-hybridized carbons (Fsp3) is 0.409. The van der Waals surface area contributed by atoms with Crippen molar-refractivity contribution < 1.29 is 9.53 Å². The molecule has 1 aromatic carbocycles. The molecular weight excluding hydrogens is 352 g/mol. The molecule has 0 spiro atoms. The Bertz CT molecular complexity index is 973. The van der Waals surface area contributed by atoms with Gasteiger partial charge in [-0.2, -0.15) is 5.10 Å². The minimum Gasteiger partial charge on any atom is -0.381 e. The van der Waals surface area contributed by atoms with Crippen LogP contribution in [-0.4, -0.2) is 51.9 Å². The zero-order valence-corrected chi connectivity index (χ0v) is 16.6. The van der Waals surface area contributed by atoms with E-state index in [0.29, 0.717) is 18.7 Å². The molecule has 2 aromatic heterocycles. The molecule has 3 aromatic rings. The maximum atomic E-state index is 13.4. The number of pyridine rings is 1. The molecule has 0 radical (unpaired) electrons. The van der Waals surface area contributed by atoms with Crippen molar-refractivity contribution in [2.45, 2.75) is 38.8 Å². The van der Waals surface area contributed by atoms with Crippen molar-refractivity contribution in [3.63, 3.8) is 0 Å². The van der Waals surface area contributed by atoms with E-state index >= 15 is 0 Å². The Morgan fingerprint density at radius 2 is 1.89 bits per heavy atom. The van der Waals surface area contributed by atoms with E-state index in [4.69, 9.17) is 9.72 Å². The first-order valence-electron chi connectivity index (χ1n) is 9.84. The van der Waals surface area contributed by atoms with Crippen LogP contribution in [0.1, 0.15) is 43.1 Å². The van der Waals surface area contributed by atoms with Crippen LogP contribution in [0.4, 0.5) is 0 Å².